The van der Waals surface area contributed by atoms with Gasteiger partial charge in [0, 0.05) is 24.0 Å². The molecule has 1 N–H and O–H groups in total. The lowest BCUT2D eigenvalue weighted by Crippen LogP contribution is -2.30. The highest BCUT2D eigenvalue weighted by Gasteiger charge is 2.22. The lowest BCUT2D eigenvalue weighted by Gasteiger charge is -2.16. The van der Waals surface area contributed by atoms with Gasteiger partial charge in [-0.3, -0.25) is 9.59 Å². The molecule has 0 bridgehead atoms. The third-order valence-electron chi connectivity index (χ3n) is 3.80. The first-order valence-electron chi connectivity index (χ1n) is 8.58. The fraction of sp³-hybridized carbons (Fsp3) is 0.250. The first kappa shape index (κ1) is 23.1. The lowest BCUT2D eigenvalue weighted by atomic mass is 10.2. The van der Waals surface area contributed by atoms with Crippen molar-refractivity contribution < 1.29 is 19.1 Å². The Morgan fingerprint density at radius 2 is 1.83 bits per heavy atom. The van der Waals surface area contributed by atoms with Crippen LogP contribution in [0.25, 0.3) is 0 Å². The van der Waals surface area contributed by atoms with Crippen LogP contribution in [0.1, 0.15) is 17.3 Å². The van der Waals surface area contributed by atoms with Gasteiger partial charge in [0.2, 0.25) is 5.91 Å². The van der Waals surface area contributed by atoms with E-state index in [4.69, 9.17) is 27.9 Å². The number of nitrogens with zero attached hydrogens (tertiary/aromatic N) is 1. The molecule has 6 nitrogen and oxygen atoms in total. The maximum Gasteiger partial charge on any atom is 0.340 e. The Bertz CT molecular complexity index is 921. The van der Waals surface area contributed by atoms with Crippen LogP contribution in [-0.4, -0.2) is 48.6 Å². The first-order chi connectivity index (χ1) is 13.7. The number of rotatable bonds is 7. The zero-order chi connectivity index (χ0) is 21.6. The molecule has 0 saturated carbocycles. The predicted molar refractivity (Wildman–Crippen MR) is 116 cm³/mol. The number of halogens is 2. The van der Waals surface area contributed by atoms with Crippen LogP contribution in [0.3, 0.4) is 0 Å². The molecule has 0 radical (unpaired) electrons. The number of nitrogens with one attached hydrogen (secondary N) is 1. The molecule has 29 heavy (non-hydrogen) atoms. The topological polar surface area (TPSA) is 75.7 Å². The Hall–Kier alpha value is -2.22. The number of benzene rings is 2. The van der Waals surface area contributed by atoms with Gasteiger partial charge in [0.15, 0.2) is 6.10 Å². The Balaban J connectivity index is 2.04. The molecule has 1 unspecified atom stereocenters. The smallest absolute Gasteiger partial charge is 0.340 e. The normalized spacial score (nSPS) is 11.5. The SMILES string of the molecule is CC(OC(=O)c1ccccc1SCC(=O)N(C)C)C(=O)Nc1cc(Cl)ccc1Cl. The summed E-state index contributed by atoms with van der Waals surface area (Å²) in [5.41, 5.74) is 0.606. The fourth-order valence-corrected chi connectivity index (χ4v) is 3.49. The van der Waals surface area contributed by atoms with E-state index in [0.717, 1.165) is 0 Å². The second-order valence-electron chi connectivity index (χ2n) is 6.23. The molecule has 0 heterocycles. The van der Waals surface area contributed by atoms with Gasteiger partial charge >= 0.3 is 5.97 Å². The van der Waals surface area contributed by atoms with Gasteiger partial charge in [-0.05, 0) is 37.3 Å². The monoisotopic (exact) mass is 454 g/mol. The predicted octanol–water partition coefficient (Wildman–Crippen LogP) is 4.36. The van der Waals surface area contributed by atoms with Gasteiger partial charge in [-0.2, -0.15) is 0 Å². The van der Waals surface area contributed by atoms with Crippen molar-refractivity contribution in [3.05, 3.63) is 58.1 Å². The zero-order valence-electron chi connectivity index (χ0n) is 16.1. The molecule has 9 heteroatoms. The number of amides is 2. The Morgan fingerprint density at radius 3 is 2.52 bits per heavy atom. The summed E-state index contributed by atoms with van der Waals surface area (Å²) in [7, 11) is 3.32. The Morgan fingerprint density at radius 1 is 1.14 bits per heavy atom. The summed E-state index contributed by atoms with van der Waals surface area (Å²) in [6.07, 6.45) is -1.07. The van der Waals surface area contributed by atoms with Crippen molar-refractivity contribution in [2.45, 2.75) is 17.9 Å². The average molecular weight is 455 g/mol. The van der Waals surface area contributed by atoms with Crippen LogP contribution in [0, 0.1) is 0 Å². The van der Waals surface area contributed by atoms with Gasteiger partial charge in [0.05, 0.1) is 22.0 Å². The van der Waals surface area contributed by atoms with Gasteiger partial charge in [-0.25, -0.2) is 4.79 Å². The third kappa shape index (κ3) is 6.66. The molecule has 0 fully saturated rings. The number of hydrogen-bond donors (Lipinski definition) is 1. The summed E-state index contributed by atoms with van der Waals surface area (Å²) in [6.45, 7) is 1.46. The van der Waals surface area contributed by atoms with Crippen molar-refractivity contribution in [2.75, 3.05) is 25.2 Å². The van der Waals surface area contributed by atoms with Crippen LogP contribution < -0.4 is 5.32 Å². The van der Waals surface area contributed by atoms with E-state index in [-0.39, 0.29) is 17.2 Å². The van der Waals surface area contributed by atoms with E-state index in [2.05, 4.69) is 5.32 Å². The van der Waals surface area contributed by atoms with Gasteiger partial charge in [-0.15, -0.1) is 11.8 Å². The molecule has 2 aromatic rings. The Kier molecular flexibility index (Phi) is 8.37. The summed E-state index contributed by atoms with van der Waals surface area (Å²) in [5, 5.41) is 3.31. The minimum Gasteiger partial charge on any atom is -0.449 e. The van der Waals surface area contributed by atoms with Gasteiger partial charge < -0.3 is 15.0 Å². The van der Waals surface area contributed by atoms with Crippen molar-refractivity contribution >= 4 is 58.4 Å². The first-order valence-corrected chi connectivity index (χ1v) is 10.3. The van der Waals surface area contributed by atoms with E-state index in [1.54, 1.807) is 50.5 Å². The number of ether oxygens (including phenoxy) is 1. The van der Waals surface area contributed by atoms with Crippen LogP contribution in [-0.2, 0) is 14.3 Å². The molecule has 0 saturated heterocycles. The molecule has 2 rings (SSSR count). The van der Waals surface area contributed by atoms with Gasteiger partial charge in [0.1, 0.15) is 0 Å². The standard InChI is InChI=1S/C20H20Cl2N2O4S/c1-12(19(26)23-16-10-13(21)8-9-15(16)22)28-20(27)14-6-4-5-7-17(14)29-11-18(25)24(2)3/h4-10,12H,11H2,1-3H3,(H,23,26). The van der Waals surface area contributed by atoms with Crippen LogP contribution in [0.5, 0.6) is 0 Å². The molecule has 154 valence electrons. The van der Waals surface area contributed by atoms with Gasteiger partial charge in [-0.1, -0.05) is 35.3 Å². The van der Waals surface area contributed by atoms with Crippen LogP contribution >= 0.6 is 35.0 Å². The number of carbonyl (C=O) groups excluding carboxylic acids is 3. The molecule has 0 aliphatic heterocycles. The second-order valence-corrected chi connectivity index (χ2v) is 8.09. The van der Waals surface area contributed by atoms with Crippen molar-refractivity contribution in [3.8, 4) is 0 Å². The maximum atomic E-state index is 12.6. The molecule has 2 aromatic carbocycles. The molecular formula is C20H20Cl2N2O4S. The van der Waals surface area contributed by atoms with Crippen molar-refractivity contribution in [1.82, 2.24) is 4.90 Å². The quantitative estimate of drug-likeness (QED) is 0.496. The summed E-state index contributed by atoms with van der Waals surface area (Å²) in [6, 6.07) is 11.4. The zero-order valence-corrected chi connectivity index (χ0v) is 18.4. The fourth-order valence-electron chi connectivity index (χ4n) is 2.13. The Labute approximate surface area is 183 Å². The second kappa shape index (κ2) is 10.5. The largest absolute Gasteiger partial charge is 0.449 e. The molecular weight excluding hydrogens is 435 g/mol. The maximum absolute atomic E-state index is 12.6. The van der Waals surface area contributed by atoms with Crippen LogP contribution in [0.15, 0.2) is 47.4 Å². The third-order valence-corrected chi connectivity index (χ3v) is 5.42. The van der Waals surface area contributed by atoms with E-state index in [1.165, 1.54) is 29.7 Å². The highest BCUT2D eigenvalue weighted by atomic mass is 35.5. The lowest BCUT2D eigenvalue weighted by molar-refractivity contribution is -0.126. The molecule has 0 aliphatic rings. The number of anilines is 1. The summed E-state index contributed by atoms with van der Waals surface area (Å²) < 4.78 is 5.30. The summed E-state index contributed by atoms with van der Waals surface area (Å²) >= 11 is 13.2. The average Bonchev–Trinajstić information content (AvgIpc) is 2.68. The summed E-state index contributed by atoms with van der Waals surface area (Å²) in [4.78, 5) is 38.8. The number of hydrogen-bond acceptors (Lipinski definition) is 5. The van der Waals surface area contributed by atoms with Crippen LogP contribution in [0.2, 0.25) is 10.0 Å². The molecule has 2 amide bonds. The molecule has 0 aliphatic carbocycles. The van der Waals surface area contributed by atoms with Crippen molar-refractivity contribution in [2.24, 2.45) is 0 Å². The van der Waals surface area contributed by atoms with Crippen LogP contribution in [0.4, 0.5) is 5.69 Å². The van der Waals surface area contributed by atoms with E-state index >= 15 is 0 Å². The molecule has 0 aromatic heterocycles. The molecule has 1 atom stereocenters. The van der Waals surface area contributed by atoms with E-state index in [1.807, 2.05) is 0 Å². The molecule has 0 spiro atoms. The summed E-state index contributed by atoms with van der Waals surface area (Å²) in [5.74, 6) is -1.11. The van der Waals surface area contributed by atoms with E-state index in [9.17, 15) is 14.4 Å². The van der Waals surface area contributed by atoms with E-state index in [0.29, 0.717) is 20.6 Å². The number of carbonyl (C=O) groups is 3. The van der Waals surface area contributed by atoms with Crippen molar-refractivity contribution in [1.29, 1.82) is 0 Å². The van der Waals surface area contributed by atoms with E-state index < -0.39 is 18.0 Å². The minimum atomic E-state index is -1.07. The number of esters is 1. The highest BCUT2D eigenvalue weighted by molar-refractivity contribution is 8.00. The minimum absolute atomic E-state index is 0.0793. The highest BCUT2D eigenvalue weighted by Crippen LogP contribution is 2.26. The number of thioether (sulfide) groups is 1. The van der Waals surface area contributed by atoms with Gasteiger partial charge in [0.25, 0.3) is 5.91 Å². The van der Waals surface area contributed by atoms with Crippen molar-refractivity contribution in [3.63, 3.8) is 0 Å².